The molecule has 6 heteroatoms. The van der Waals surface area contributed by atoms with Gasteiger partial charge in [-0.05, 0) is 56.4 Å². The van der Waals surface area contributed by atoms with Gasteiger partial charge in [-0.1, -0.05) is 31.8 Å². The summed E-state index contributed by atoms with van der Waals surface area (Å²) < 4.78 is 18.6. The van der Waals surface area contributed by atoms with Gasteiger partial charge in [-0.2, -0.15) is 4.98 Å². The number of nitrogens with zero attached hydrogens (tertiary/aromatic N) is 3. The summed E-state index contributed by atoms with van der Waals surface area (Å²) in [6.45, 7) is 4.97. The van der Waals surface area contributed by atoms with E-state index in [0.717, 1.165) is 51.5 Å². The van der Waals surface area contributed by atoms with Gasteiger partial charge in [0.1, 0.15) is 11.9 Å². The zero-order valence-electron chi connectivity index (χ0n) is 16.2. The average molecular weight is 373 g/mol. The van der Waals surface area contributed by atoms with Crippen molar-refractivity contribution in [1.82, 2.24) is 15.0 Å². The van der Waals surface area contributed by atoms with E-state index in [2.05, 4.69) is 24.0 Å². The van der Waals surface area contributed by atoms with Crippen LogP contribution >= 0.6 is 0 Å². The molecule has 2 heterocycles. The fraction of sp³-hybridized carbons (Fsp3) is 0.571. The molecule has 0 bridgehead atoms. The van der Waals surface area contributed by atoms with E-state index in [0.29, 0.717) is 17.3 Å². The summed E-state index contributed by atoms with van der Waals surface area (Å²) in [5.41, 5.74) is 0.703. The summed E-state index contributed by atoms with van der Waals surface area (Å²) in [6.07, 6.45) is 6.82. The summed E-state index contributed by atoms with van der Waals surface area (Å²) in [5.74, 6) is 0.875. The van der Waals surface area contributed by atoms with Crippen LogP contribution < -0.4 is 0 Å². The molecular weight excluding hydrogens is 345 g/mol. The minimum Gasteiger partial charge on any atom is -0.337 e. The van der Waals surface area contributed by atoms with Crippen LogP contribution in [-0.4, -0.2) is 27.5 Å². The third-order valence-corrected chi connectivity index (χ3v) is 5.36. The van der Waals surface area contributed by atoms with Crippen LogP contribution in [0, 0.1) is 11.7 Å². The maximum absolute atomic E-state index is 13.1. The lowest BCUT2D eigenvalue weighted by molar-refractivity contribution is -0.140. The van der Waals surface area contributed by atoms with Crippen molar-refractivity contribution in [2.75, 3.05) is 6.54 Å². The highest BCUT2D eigenvalue weighted by molar-refractivity contribution is 5.79. The van der Waals surface area contributed by atoms with E-state index in [-0.39, 0.29) is 23.7 Å². The topological polar surface area (TPSA) is 59.2 Å². The fourth-order valence-electron chi connectivity index (χ4n) is 3.73. The number of carbonyl (C=O) groups is 1. The van der Waals surface area contributed by atoms with Crippen LogP contribution in [0.2, 0.25) is 0 Å². The molecule has 2 aromatic rings. The van der Waals surface area contributed by atoms with Gasteiger partial charge >= 0.3 is 0 Å². The van der Waals surface area contributed by atoms with Gasteiger partial charge in [-0.3, -0.25) is 4.79 Å². The molecule has 146 valence electrons. The summed E-state index contributed by atoms with van der Waals surface area (Å²) in [7, 11) is 0. The molecule has 0 spiro atoms. The second kappa shape index (κ2) is 9.11. The van der Waals surface area contributed by atoms with Crippen molar-refractivity contribution in [3.05, 3.63) is 36.0 Å². The SMILES string of the molecule is CCCCC(CC)C(=O)N1CCCCC1c1nc(-c2ccc(F)cc2)no1. The van der Waals surface area contributed by atoms with Gasteiger partial charge in [-0.15, -0.1) is 0 Å². The van der Waals surface area contributed by atoms with Crippen molar-refractivity contribution < 1.29 is 13.7 Å². The van der Waals surface area contributed by atoms with Gasteiger partial charge in [0.25, 0.3) is 0 Å². The first-order chi connectivity index (χ1) is 13.1. The predicted octanol–water partition coefficient (Wildman–Crippen LogP) is 5.15. The van der Waals surface area contributed by atoms with Crippen LogP contribution in [-0.2, 0) is 4.79 Å². The first-order valence-corrected chi connectivity index (χ1v) is 10.0. The van der Waals surface area contributed by atoms with Gasteiger partial charge in [-0.25, -0.2) is 4.39 Å². The second-order valence-corrected chi connectivity index (χ2v) is 7.25. The Balaban J connectivity index is 1.79. The quantitative estimate of drug-likeness (QED) is 0.674. The van der Waals surface area contributed by atoms with Crippen molar-refractivity contribution in [3.63, 3.8) is 0 Å². The maximum atomic E-state index is 13.1. The number of aromatic nitrogens is 2. The Morgan fingerprint density at radius 1 is 1.30 bits per heavy atom. The molecule has 5 nitrogen and oxygen atoms in total. The molecule has 3 rings (SSSR count). The molecule has 0 aliphatic carbocycles. The number of hydrogen-bond acceptors (Lipinski definition) is 4. The monoisotopic (exact) mass is 373 g/mol. The number of rotatable bonds is 7. The van der Waals surface area contributed by atoms with Crippen LogP contribution in [0.25, 0.3) is 11.4 Å². The van der Waals surface area contributed by atoms with E-state index >= 15 is 0 Å². The predicted molar refractivity (Wildman–Crippen MR) is 101 cm³/mol. The molecule has 0 radical (unpaired) electrons. The molecule has 0 N–H and O–H groups in total. The van der Waals surface area contributed by atoms with Gasteiger partial charge in [0.15, 0.2) is 0 Å². The molecular formula is C21H28FN3O2. The molecule has 1 aliphatic rings. The molecule has 2 unspecified atom stereocenters. The standard InChI is InChI=1S/C21H28FN3O2/c1-3-5-8-15(4-2)21(26)25-14-7-6-9-18(25)20-23-19(24-27-20)16-10-12-17(22)13-11-16/h10-13,15,18H,3-9,14H2,1-2H3. The number of likely N-dealkylation sites (tertiary alicyclic amines) is 1. The smallest absolute Gasteiger partial charge is 0.249 e. The summed E-state index contributed by atoms with van der Waals surface area (Å²) >= 11 is 0. The highest BCUT2D eigenvalue weighted by atomic mass is 19.1. The Morgan fingerprint density at radius 2 is 2.07 bits per heavy atom. The van der Waals surface area contributed by atoms with Crippen molar-refractivity contribution in [2.45, 2.75) is 64.8 Å². The minimum atomic E-state index is -0.302. The van der Waals surface area contributed by atoms with E-state index in [1.807, 2.05) is 4.90 Å². The summed E-state index contributed by atoms with van der Waals surface area (Å²) in [5, 5.41) is 4.05. The van der Waals surface area contributed by atoms with E-state index < -0.39 is 0 Å². The van der Waals surface area contributed by atoms with Crippen LogP contribution in [0.1, 0.15) is 70.7 Å². The van der Waals surface area contributed by atoms with Crippen LogP contribution in [0.4, 0.5) is 4.39 Å². The average Bonchev–Trinajstić information content (AvgIpc) is 3.19. The number of amides is 1. The molecule has 0 saturated carbocycles. The Bertz CT molecular complexity index is 744. The molecule has 1 aromatic heterocycles. The van der Waals surface area contributed by atoms with E-state index in [1.165, 1.54) is 12.1 Å². The zero-order chi connectivity index (χ0) is 19.2. The lowest BCUT2D eigenvalue weighted by atomic mass is 9.94. The maximum Gasteiger partial charge on any atom is 0.249 e. The number of halogens is 1. The lowest BCUT2D eigenvalue weighted by Gasteiger charge is -2.35. The second-order valence-electron chi connectivity index (χ2n) is 7.25. The van der Waals surface area contributed by atoms with E-state index in [4.69, 9.17) is 4.52 Å². The molecule has 1 saturated heterocycles. The van der Waals surface area contributed by atoms with Crippen molar-refractivity contribution >= 4 is 5.91 Å². The Morgan fingerprint density at radius 3 is 2.78 bits per heavy atom. The molecule has 1 amide bonds. The fourth-order valence-corrected chi connectivity index (χ4v) is 3.73. The first-order valence-electron chi connectivity index (χ1n) is 10.0. The third-order valence-electron chi connectivity index (χ3n) is 5.36. The molecule has 1 fully saturated rings. The highest BCUT2D eigenvalue weighted by Crippen LogP contribution is 2.33. The van der Waals surface area contributed by atoms with Crippen molar-refractivity contribution in [1.29, 1.82) is 0 Å². The number of benzene rings is 1. The Kier molecular flexibility index (Phi) is 6.58. The van der Waals surface area contributed by atoms with Crippen LogP contribution in [0.15, 0.2) is 28.8 Å². The Hall–Kier alpha value is -2.24. The van der Waals surface area contributed by atoms with Crippen LogP contribution in [0.3, 0.4) is 0 Å². The Labute approximate surface area is 159 Å². The molecule has 27 heavy (non-hydrogen) atoms. The molecule has 1 aromatic carbocycles. The van der Waals surface area contributed by atoms with Crippen molar-refractivity contribution in [3.8, 4) is 11.4 Å². The van der Waals surface area contributed by atoms with Gasteiger partial charge in [0, 0.05) is 18.0 Å². The number of unbranched alkanes of at least 4 members (excludes halogenated alkanes) is 1. The number of carbonyl (C=O) groups excluding carboxylic acids is 1. The van der Waals surface area contributed by atoms with Crippen LogP contribution in [0.5, 0.6) is 0 Å². The number of piperidine rings is 1. The summed E-state index contributed by atoms with van der Waals surface area (Å²) in [6, 6.07) is 5.85. The molecule has 1 aliphatic heterocycles. The third kappa shape index (κ3) is 4.54. The lowest BCUT2D eigenvalue weighted by Crippen LogP contribution is -2.42. The van der Waals surface area contributed by atoms with E-state index in [1.54, 1.807) is 12.1 Å². The normalized spacial score (nSPS) is 18.5. The van der Waals surface area contributed by atoms with E-state index in [9.17, 15) is 9.18 Å². The first kappa shape index (κ1) is 19.5. The van der Waals surface area contributed by atoms with Gasteiger partial charge in [0.2, 0.25) is 17.6 Å². The minimum absolute atomic E-state index is 0.0602. The largest absolute Gasteiger partial charge is 0.337 e. The molecule has 2 atom stereocenters. The van der Waals surface area contributed by atoms with Gasteiger partial charge < -0.3 is 9.42 Å². The number of hydrogen-bond donors (Lipinski definition) is 0. The summed E-state index contributed by atoms with van der Waals surface area (Å²) in [4.78, 5) is 19.6. The van der Waals surface area contributed by atoms with Gasteiger partial charge in [0.05, 0.1) is 0 Å². The zero-order valence-corrected chi connectivity index (χ0v) is 16.2. The highest BCUT2D eigenvalue weighted by Gasteiger charge is 2.34. The van der Waals surface area contributed by atoms with Crippen molar-refractivity contribution in [2.24, 2.45) is 5.92 Å².